The molecule has 0 heterocycles. The van der Waals surface area contributed by atoms with Crippen molar-refractivity contribution in [2.24, 2.45) is 0 Å². The lowest BCUT2D eigenvalue weighted by Gasteiger charge is -2.09. The smallest absolute Gasteiger partial charge is 0.335 e. The van der Waals surface area contributed by atoms with Crippen molar-refractivity contribution >= 4 is 11.8 Å². The summed E-state index contributed by atoms with van der Waals surface area (Å²) in [6, 6.07) is 0. The van der Waals surface area contributed by atoms with E-state index in [0.29, 0.717) is 0 Å². The van der Waals surface area contributed by atoms with Gasteiger partial charge in [-0.3, -0.25) is 4.79 Å². The lowest BCUT2D eigenvalue weighted by atomic mass is 10.2. The molecule has 5 heteroatoms. The molecular formula is C14H16O5. The van der Waals surface area contributed by atoms with E-state index in [1.807, 2.05) is 24.3 Å². The van der Waals surface area contributed by atoms with E-state index in [0.717, 1.165) is 11.1 Å². The van der Waals surface area contributed by atoms with Crippen molar-refractivity contribution in [2.45, 2.75) is 19.6 Å². The minimum absolute atomic E-state index is 0.0268. The van der Waals surface area contributed by atoms with Crippen LogP contribution in [0.2, 0.25) is 0 Å². The van der Waals surface area contributed by atoms with Gasteiger partial charge in [0.15, 0.2) is 5.78 Å². The van der Waals surface area contributed by atoms with Gasteiger partial charge < -0.3 is 14.9 Å². The van der Waals surface area contributed by atoms with Gasteiger partial charge in [0.25, 0.3) is 0 Å². The monoisotopic (exact) mass is 264 g/mol. The predicted octanol–water partition coefficient (Wildman–Crippen LogP) is 0.798. The molecular weight excluding hydrogens is 248 g/mol. The molecule has 0 fully saturated rings. The number of carbonyl (C=O) groups is 2. The van der Waals surface area contributed by atoms with E-state index in [4.69, 9.17) is 10.2 Å². The molecule has 2 rings (SSSR count). The molecule has 0 amide bonds. The molecule has 2 aliphatic rings. The van der Waals surface area contributed by atoms with Crippen LogP contribution in [0, 0.1) is 0 Å². The molecule has 0 aromatic rings. The summed E-state index contributed by atoms with van der Waals surface area (Å²) in [6.07, 6.45) is 6.17. The van der Waals surface area contributed by atoms with E-state index in [2.05, 4.69) is 11.3 Å². The van der Waals surface area contributed by atoms with Crippen molar-refractivity contribution < 1.29 is 24.5 Å². The van der Waals surface area contributed by atoms with Gasteiger partial charge in [-0.1, -0.05) is 30.9 Å². The zero-order chi connectivity index (χ0) is 14.4. The first-order valence-corrected chi connectivity index (χ1v) is 5.76. The maximum absolute atomic E-state index is 10.8. The molecule has 102 valence electrons. The topological polar surface area (TPSA) is 83.8 Å². The second-order valence-electron chi connectivity index (χ2n) is 4.06. The standard InChI is InChI=1S/C7H12O4.C7H4O/c1-5(2)7(10)11-6(9)3-4-8;8-7-5-1-2-6(7)4-3-5/h6,8-9H,1,3-4H2,2H3;1-4H. The summed E-state index contributed by atoms with van der Waals surface area (Å²) < 4.78 is 4.41. The molecule has 1 unspecified atom stereocenters. The fourth-order valence-corrected chi connectivity index (χ4v) is 1.33. The number of esters is 1. The molecule has 0 spiro atoms. The second-order valence-corrected chi connectivity index (χ2v) is 4.06. The first kappa shape index (κ1) is 15.1. The van der Waals surface area contributed by atoms with Crippen LogP contribution in [0.4, 0.5) is 0 Å². The van der Waals surface area contributed by atoms with E-state index in [9.17, 15) is 9.59 Å². The molecule has 2 aliphatic carbocycles. The fourth-order valence-electron chi connectivity index (χ4n) is 1.33. The Morgan fingerprint density at radius 1 is 1.37 bits per heavy atom. The van der Waals surface area contributed by atoms with Crippen LogP contribution in [0.25, 0.3) is 0 Å². The SMILES string of the molecule is C=C(C)C(=O)OC(O)CCO.O=C1C2=CC=C1C=C2. The van der Waals surface area contributed by atoms with E-state index < -0.39 is 12.3 Å². The highest BCUT2D eigenvalue weighted by Crippen LogP contribution is 2.23. The average Bonchev–Trinajstić information content (AvgIpc) is 2.88. The van der Waals surface area contributed by atoms with Gasteiger partial charge in [-0.2, -0.15) is 0 Å². The van der Waals surface area contributed by atoms with Crippen molar-refractivity contribution in [3.05, 3.63) is 47.6 Å². The highest BCUT2D eigenvalue weighted by Gasteiger charge is 2.20. The largest absolute Gasteiger partial charge is 0.433 e. The van der Waals surface area contributed by atoms with E-state index in [1.54, 1.807) is 0 Å². The number of Topliss-reactive ketones (excluding diaryl/α,β-unsaturated/α-hetero) is 1. The Balaban J connectivity index is 0.000000196. The summed E-state index contributed by atoms with van der Waals surface area (Å²) in [6.45, 7) is 4.58. The Labute approximate surface area is 111 Å². The molecule has 1 atom stereocenters. The maximum atomic E-state index is 10.8. The van der Waals surface area contributed by atoms with Gasteiger partial charge in [0.2, 0.25) is 6.29 Å². The van der Waals surface area contributed by atoms with E-state index in [-0.39, 0.29) is 24.4 Å². The molecule has 0 saturated heterocycles. The first-order valence-electron chi connectivity index (χ1n) is 5.76. The van der Waals surface area contributed by atoms with Crippen LogP contribution in [0.15, 0.2) is 47.6 Å². The summed E-state index contributed by atoms with van der Waals surface area (Å²) in [7, 11) is 0. The van der Waals surface area contributed by atoms with Gasteiger partial charge in [-0.25, -0.2) is 4.79 Å². The van der Waals surface area contributed by atoms with Crippen LogP contribution in [0.1, 0.15) is 13.3 Å². The van der Waals surface area contributed by atoms with Crippen molar-refractivity contribution in [2.75, 3.05) is 6.61 Å². The van der Waals surface area contributed by atoms with Crippen LogP contribution >= 0.6 is 0 Å². The van der Waals surface area contributed by atoms with Gasteiger partial charge in [-0.05, 0) is 6.92 Å². The summed E-state index contributed by atoms with van der Waals surface area (Å²) in [5.41, 5.74) is 1.89. The van der Waals surface area contributed by atoms with E-state index in [1.165, 1.54) is 6.92 Å². The predicted molar refractivity (Wildman–Crippen MR) is 68.9 cm³/mol. The van der Waals surface area contributed by atoms with Crippen LogP contribution < -0.4 is 0 Å². The van der Waals surface area contributed by atoms with Crippen LogP contribution in [-0.2, 0) is 14.3 Å². The number of aliphatic hydroxyl groups is 2. The molecule has 0 aliphatic heterocycles. The van der Waals surface area contributed by atoms with Gasteiger partial charge in [0, 0.05) is 29.7 Å². The third-order valence-electron chi connectivity index (χ3n) is 2.38. The minimum atomic E-state index is -1.23. The number of fused-ring (bicyclic) bond motifs is 2. The third-order valence-corrected chi connectivity index (χ3v) is 2.38. The zero-order valence-electron chi connectivity index (χ0n) is 10.6. The lowest BCUT2D eigenvalue weighted by Crippen LogP contribution is -2.18. The minimum Gasteiger partial charge on any atom is -0.433 e. The van der Waals surface area contributed by atoms with Gasteiger partial charge >= 0.3 is 5.97 Å². The molecule has 0 radical (unpaired) electrons. The Hall–Kier alpha value is -1.98. The Kier molecular flexibility index (Phi) is 5.41. The Bertz CT molecular complexity index is 458. The van der Waals surface area contributed by atoms with E-state index >= 15 is 0 Å². The lowest BCUT2D eigenvalue weighted by molar-refractivity contribution is -0.164. The molecule has 0 aromatic carbocycles. The molecule has 0 saturated carbocycles. The number of ether oxygens (including phenoxy) is 1. The summed E-state index contributed by atoms with van der Waals surface area (Å²) in [5, 5.41) is 17.1. The number of allylic oxidation sites excluding steroid dienone is 6. The van der Waals surface area contributed by atoms with Crippen molar-refractivity contribution in [1.82, 2.24) is 0 Å². The normalized spacial score (nSPS) is 16.3. The number of aliphatic hydroxyl groups excluding tert-OH is 2. The highest BCUT2D eigenvalue weighted by atomic mass is 16.6. The zero-order valence-corrected chi connectivity index (χ0v) is 10.6. The van der Waals surface area contributed by atoms with Crippen molar-refractivity contribution in [1.29, 1.82) is 0 Å². The van der Waals surface area contributed by atoms with Crippen LogP contribution in [0.3, 0.4) is 0 Å². The molecule has 2 N–H and O–H groups in total. The van der Waals surface area contributed by atoms with Crippen molar-refractivity contribution in [3.8, 4) is 0 Å². The number of ketones is 1. The first-order chi connectivity index (χ1) is 8.95. The summed E-state index contributed by atoms with van der Waals surface area (Å²) >= 11 is 0. The molecule has 0 aromatic heterocycles. The number of hydrogen-bond acceptors (Lipinski definition) is 5. The maximum Gasteiger partial charge on any atom is 0.335 e. The Morgan fingerprint density at radius 3 is 2.16 bits per heavy atom. The van der Waals surface area contributed by atoms with Gasteiger partial charge in [0.1, 0.15) is 0 Å². The molecule has 5 nitrogen and oxygen atoms in total. The average molecular weight is 264 g/mol. The number of hydrogen-bond donors (Lipinski definition) is 2. The van der Waals surface area contributed by atoms with Gasteiger partial charge in [-0.15, -0.1) is 0 Å². The van der Waals surface area contributed by atoms with Gasteiger partial charge in [0.05, 0.1) is 0 Å². The second kappa shape index (κ2) is 6.82. The summed E-state index contributed by atoms with van der Waals surface area (Å²) in [4.78, 5) is 21.4. The molecule has 2 bridgehead atoms. The third kappa shape index (κ3) is 4.31. The quantitative estimate of drug-likeness (QED) is 0.446. The van der Waals surface area contributed by atoms with Crippen molar-refractivity contribution in [3.63, 3.8) is 0 Å². The number of carbonyl (C=O) groups excluding carboxylic acids is 2. The molecule has 19 heavy (non-hydrogen) atoms. The fraction of sp³-hybridized carbons (Fsp3) is 0.286. The van der Waals surface area contributed by atoms with Crippen LogP contribution in [0.5, 0.6) is 0 Å². The Morgan fingerprint density at radius 2 is 1.89 bits per heavy atom. The number of rotatable bonds is 4. The highest BCUT2D eigenvalue weighted by molar-refractivity contribution is 6.17. The summed E-state index contributed by atoms with van der Waals surface area (Å²) in [5.74, 6) is -0.462. The van der Waals surface area contributed by atoms with Crippen LogP contribution in [-0.4, -0.2) is 34.9 Å².